The van der Waals surface area contributed by atoms with Gasteiger partial charge < -0.3 is 8.99 Å². The Balaban J connectivity index is 2.40. The van der Waals surface area contributed by atoms with Gasteiger partial charge in [-0.05, 0) is 0 Å². The van der Waals surface area contributed by atoms with Crippen molar-refractivity contribution in [2.45, 2.75) is 4.75 Å². The summed E-state index contributed by atoms with van der Waals surface area (Å²) in [6.07, 6.45) is 0. The van der Waals surface area contributed by atoms with Crippen LogP contribution in [-0.4, -0.2) is 0 Å². The van der Waals surface area contributed by atoms with Gasteiger partial charge in [0.05, 0.1) is 0 Å². The van der Waals surface area contributed by atoms with Crippen LogP contribution in [-0.2, 0) is 19.6 Å². The van der Waals surface area contributed by atoms with E-state index in [1.807, 2.05) is 91.0 Å². The zero-order valence-corrected chi connectivity index (χ0v) is 12.8. The predicted molar refractivity (Wildman–Crippen MR) is 90.0 cm³/mol. The lowest BCUT2D eigenvalue weighted by Crippen LogP contribution is -2.30. The van der Waals surface area contributed by atoms with Gasteiger partial charge in [0, 0.05) is 4.75 Å². The summed E-state index contributed by atoms with van der Waals surface area (Å²) >= 11 is 0. The Hall–Kier alpha value is -2.39. The van der Waals surface area contributed by atoms with Gasteiger partial charge in [-0.15, -0.1) is 0 Å². The van der Waals surface area contributed by atoms with Crippen molar-refractivity contribution in [1.29, 1.82) is 4.78 Å². The minimum absolute atomic E-state index is 0.862. The third-order valence-corrected chi connectivity index (χ3v) is 5.08. The molecule has 0 atom stereocenters. The van der Waals surface area contributed by atoms with E-state index in [4.69, 9.17) is 4.78 Å². The monoisotopic (exact) mass is 306 g/mol. The molecule has 22 heavy (non-hydrogen) atoms. The van der Waals surface area contributed by atoms with Crippen molar-refractivity contribution in [2.75, 3.05) is 0 Å². The minimum atomic E-state index is -1.86. The molecule has 0 bridgehead atoms. The second-order valence-electron chi connectivity index (χ2n) is 5.05. The fourth-order valence-corrected chi connectivity index (χ4v) is 3.89. The average Bonchev–Trinajstić information content (AvgIpc) is 2.58. The largest absolute Gasteiger partial charge is 0.443 e. The van der Waals surface area contributed by atoms with Crippen molar-refractivity contribution in [1.82, 2.24) is 0 Å². The zero-order chi connectivity index (χ0) is 15.4. The Morgan fingerprint density at radius 2 is 0.864 bits per heavy atom. The van der Waals surface area contributed by atoms with Crippen LogP contribution in [0.25, 0.3) is 0 Å². The number of hydrogen-bond acceptors (Lipinski definition) is 3. The van der Waals surface area contributed by atoms with Gasteiger partial charge in [-0.2, -0.15) is 10.6 Å². The van der Waals surface area contributed by atoms with E-state index in [0.29, 0.717) is 0 Å². The Morgan fingerprint density at radius 3 is 1.09 bits per heavy atom. The first kappa shape index (κ1) is 14.5. The molecular weight excluding hydrogens is 290 g/mol. The molecule has 0 aromatic heterocycles. The van der Waals surface area contributed by atoms with Crippen LogP contribution in [0.4, 0.5) is 0 Å². The standard InChI is InChI=1S/C19H16NOS/c20-22(21)19(16-10-4-1-5-11-16,17-12-6-2-7-13-17)18-14-8-3-9-15-18/h1-15,20H/q-1. The van der Waals surface area contributed by atoms with Crippen molar-refractivity contribution in [3.63, 3.8) is 0 Å². The zero-order valence-electron chi connectivity index (χ0n) is 12.0. The summed E-state index contributed by atoms with van der Waals surface area (Å²) in [5.41, 5.74) is 2.59. The summed E-state index contributed by atoms with van der Waals surface area (Å²) in [7, 11) is -1.86. The van der Waals surface area contributed by atoms with Crippen molar-refractivity contribution >= 4 is 10.6 Å². The lowest BCUT2D eigenvalue weighted by molar-refractivity contribution is 0.587. The molecule has 0 aliphatic carbocycles. The van der Waals surface area contributed by atoms with Crippen LogP contribution < -0.4 is 0 Å². The van der Waals surface area contributed by atoms with Gasteiger partial charge in [-0.25, -0.2) is 0 Å². The third-order valence-electron chi connectivity index (χ3n) is 3.82. The molecule has 2 nitrogen and oxygen atoms in total. The van der Waals surface area contributed by atoms with Gasteiger partial charge in [-0.1, -0.05) is 108 Å². The van der Waals surface area contributed by atoms with Crippen LogP contribution in [0.1, 0.15) is 16.7 Å². The van der Waals surface area contributed by atoms with Crippen LogP contribution in [0, 0.1) is 4.78 Å². The van der Waals surface area contributed by atoms with E-state index in [0.717, 1.165) is 16.7 Å². The normalized spacial score (nSPS) is 11.5. The molecule has 0 fully saturated rings. The second kappa shape index (κ2) is 6.16. The SMILES string of the molecule is N=[S-](=O)C(c1ccccc1)(c1ccccc1)c1ccccc1. The topological polar surface area (TPSA) is 40.9 Å². The molecular formula is C19H16NOS-. The summed E-state index contributed by atoms with van der Waals surface area (Å²) in [6, 6.07) is 28.9. The van der Waals surface area contributed by atoms with Crippen molar-refractivity contribution < 1.29 is 4.21 Å². The van der Waals surface area contributed by atoms with Gasteiger partial charge in [0.1, 0.15) is 0 Å². The van der Waals surface area contributed by atoms with E-state index in [1.54, 1.807) is 0 Å². The van der Waals surface area contributed by atoms with Crippen molar-refractivity contribution in [3.05, 3.63) is 108 Å². The number of benzene rings is 3. The molecule has 3 heteroatoms. The fourth-order valence-electron chi connectivity index (χ4n) is 2.84. The van der Waals surface area contributed by atoms with E-state index in [2.05, 4.69) is 0 Å². The van der Waals surface area contributed by atoms with Gasteiger partial charge >= 0.3 is 0 Å². The number of nitrogens with one attached hydrogen (secondary N) is 1. The highest BCUT2D eigenvalue weighted by molar-refractivity contribution is 7.75. The smallest absolute Gasteiger partial charge is 0.00968 e. The maximum atomic E-state index is 12.6. The number of rotatable bonds is 4. The lowest BCUT2D eigenvalue weighted by atomic mass is 9.84. The van der Waals surface area contributed by atoms with Crippen molar-refractivity contribution in [3.8, 4) is 0 Å². The summed E-state index contributed by atoms with van der Waals surface area (Å²) in [5, 5.41) is 0. The first-order valence-corrected chi connectivity index (χ1v) is 8.21. The molecule has 0 saturated heterocycles. The molecule has 0 amide bonds. The van der Waals surface area contributed by atoms with Crippen LogP contribution in [0.15, 0.2) is 91.0 Å². The minimum Gasteiger partial charge on any atom is -0.443 e. The third kappa shape index (κ3) is 2.34. The second-order valence-corrected chi connectivity index (χ2v) is 6.20. The molecule has 3 aromatic rings. The molecule has 3 aromatic carbocycles. The molecule has 3 rings (SSSR count). The Morgan fingerprint density at radius 1 is 0.591 bits per heavy atom. The van der Waals surface area contributed by atoms with Gasteiger partial charge in [0.2, 0.25) is 0 Å². The van der Waals surface area contributed by atoms with Crippen molar-refractivity contribution in [2.24, 2.45) is 0 Å². The van der Waals surface area contributed by atoms with E-state index >= 15 is 0 Å². The Kier molecular flexibility index (Phi) is 4.07. The molecule has 0 heterocycles. The van der Waals surface area contributed by atoms with Crippen LogP contribution >= 0.6 is 0 Å². The molecule has 0 aliphatic rings. The molecule has 0 aliphatic heterocycles. The highest BCUT2D eigenvalue weighted by Gasteiger charge is 2.30. The van der Waals surface area contributed by atoms with Gasteiger partial charge in [0.15, 0.2) is 0 Å². The maximum Gasteiger partial charge on any atom is 0.00968 e. The quantitative estimate of drug-likeness (QED) is 0.550. The summed E-state index contributed by atoms with van der Waals surface area (Å²) in [6.45, 7) is 0. The first-order valence-electron chi connectivity index (χ1n) is 7.06. The van der Waals surface area contributed by atoms with Gasteiger partial charge in [-0.3, -0.25) is 0 Å². The van der Waals surface area contributed by atoms with Crippen LogP contribution in [0.5, 0.6) is 0 Å². The fraction of sp³-hybridized carbons (Fsp3) is 0.0526. The first-order chi connectivity index (χ1) is 10.8. The van der Waals surface area contributed by atoms with Gasteiger partial charge in [0.25, 0.3) is 0 Å². The highest BCUT2D eigenvalue weighted by atomic mass is 32.2. The maximum absolute atomic E-state index is 12.6. The molecule has 0 radical (unpaired) electrons. The predicted octanol–water partition coefficient (Wildman–Crippen LogP) is 4.70. The highest BCUT2D eigenvalue weighted by Crippen LogP contribution is 2.40. The van der Waals surface area contributed by atoms with E-state index in [9.17, 15) is 4.21 Å². The summed E-state index contributed by atoms with van der Waals surface area (Å²) in [4.78, 5) is 0. The van der Waals surface area contributed by atoms with Crippen LogP contribution in [0.2, 0.25) is 0 Å². The number of hydrogen-bond donors (Lipinski definition) is 1. The Bertz CT molecular complexity index is 707. The Labute approximate surface area is 132 Å². The molecule has 0 saturated carbocycles. The van der Waals surface area contributed by atoms with E-state index < -0.39 is 15.3 Å². The molecule has 1 N–H and O–H groups in total. The van der Waals surface area contributed by atoms with Crippen LogP contribution in [0.3, 0.4) is 0 Å². The molecule has 0 unspecified atom stereocenters. The van der Waals surface area contributed by atoms with E-state index in [1.165, 1.54) is 0 Å². The van der Waals surface area contributed by atoms with E-state index in [-0.39, 0.29) is 0 Å². The molecule has 110 valence electrons. The molecule has 0 spiro atoms. The summed E-state index contributed by atoms with van der Waals surface area (Å²) < 4.78 is 19.8. The lowest BCUT2D eigenvalue weighted by Gasteiger charge is -2.39. The summed E-state index contributed by atoms with van der Waals surface area (Å²) in [5.74, 6) is 0. The average molecular weight is 306 g/mol.